The van der Waals surface area contributed by atoms with Gasteiger partial charge in [-0.25, -0.2) is 5.10 Å². The van der Waals surface area contributed by atoms with Crippen LogP contribution in [-0.2, 0) is 0 Å². The lowest BCUT2D eigenvalue weighted by atomic mass is 10.1. The lowest BCUT2D eigenvalue weighted by Crippen LogP contribution is -2.44. The van der Waals surface area contributed by atoms with Gasteiger partial charge in [0.15, 0.2) is 0 Å². The van der Waals surface area contributed by atoms with Crippen LogP contribution in [0.15, 0.2) is 35.4 Å². The van der Waals surface area contributed by atoms with Crippen LogP contribution in [0.5, 0.6) is 5.75 Å². The summed E-state index contributed by atoms with van der Waals surface area (Å²) in [7, 11) is 0. The highest BCUT2D eigenvalue weighted by Crippen LogP contribution is 2.25. The van der Waals surface area contributed by atoms with Gasteiger partial charge in [-0.15, -0.1) is 0 Å². The third kappa shape index (κ3) is 3.68. The van der Waals surface area contributed by atoms with Gasteiger partial charge in [0.2, 0.25) is 0 Å². The topological polar surface area (TPSA) is 88.2 Å². The van der Waals surface area contributed by atoms with Crippen molar-refractivity contribution in [1.29, 1.82) is 0 Å². The molecule has 0 spiro atoms. The molecule has 1 unspecified atom stereocenters. The fourth-order valence-corrected chi connectivity index (χ4v) is 2.65. The number of halogens is 1. The number of amides is 1. The number of hydrogen-bond acceptors (Lipinski definition) is 5. The summed E-state index contributed by atoms with van der Waals surface area (Å²) in [5.74, 6) is 0.332. The van der Waals surface area contributed by atoms with Gasteiger partial charge >= 0.3 is 0 Å². The molecule has 1 amide bonds. The Bertz CT molecular complexity index is 744. The van der Waals surface area contributed by atoms with Crippen molar-refractivity contribution in [1.82, 2.24) is 20.1 Å². The maximum atomic E-state index is 12.4. The van der Waals surface area contributed by atoms with Gasteiger partial charge in [-0.2, -0.15) is 5.10 Å². The molecule has 1 N–H and O–H groups in total. The molecule has 120 valence electrons. The third-order valence-electron chi connectivity index (χ3n) is 3.59. The second kappa shape index (κ2) is 6.78. The van der Waals surface area contributed by atoms with Crippen LogP contribution in [0.3, 0.4) is 0 Å². The molecule has 1 fully saturated rings. The van der Waals surface area contributed by atoms with Crippen LogP contribution in [0.4, 0.5) is 0 Å². The van der Waals surface area contributed by atoms with E-state index in [2.05, 4.69) is 15.2 Å². The molecule has 8 heteroatoms. The fourth-order valence-electron chi connectivity index (χ4n) is 2.48. The average Bonchev–Trinajstić information content (AvgIpc) is 2.57. The number of piperidine rings is 1. The Kier molecular flexibility index (Phi) is 4.57. The molecule has 0 saturated carbocycles. The number of aromatic nitrogens is 3. The second-order valence-corrected chi connectivity index (χ2v) is 5.65. The number of carbonyl (C=O) groups is 1. The van der Waals surface area contributed by atoms with Gasteiger partial charge in [-0.1, -0.05) is 11.6 Å². The van der Waals surface area contributed by atoms with E-state index in [1.165, 1.54) is 18.3 Å². The van der Waals surface area contributed by atoms with Gasteiger partial charge in [0, 0.05) is 31.1 Å². The van der Waals surface area contributed by atoms with Crippen molar-refractivity contribution in [2.24, 2.45) is 0 Å². The second-order valence-electron chi connectivity index (χ2n) is 5.25. The fraction of sp³-hybridized carbons (Fsp3) is 0.333. The van der Waals surface area contributed by atoms with E-state index >= 15 is 0 Å². The minimum atomic E-state index is -0.339. The molecule has 0 bridgehead atoms. The summed E-state index contributed by atoms with van der Waals surface area (Å²) < 4.78 is 5.88. The van der Waals surface area contributed by atoms with Gasteiger partial charge in [0.1, 0.15) is 22.6 Å². The van der Waals surface area contributed by atoms with Crippen LogP contribution < -0.4 is 10.3 Å². The summed E-state index contributed by atoms with van der Waals surface area (Å²) in [6.45, 7) is 1.07. The Balaban J connectivity index is 1.68. The highest BCUT2D eigenvalue weighted by molar-refractivity contribution is 6.31. The molecule has 1 atom stereocenters. The summed E-state index contributed by atoms with van der Waals surface area (Å²) in [5.41, 5.74) is -0.124. The number of likely N-dealkylation sites (tertiary alicyclic amines) is 1. The predicted octanol–water partition coefficient (Wildman–Crippen LogP) is 1.50. The monoisotopic (exact) mass is 334 g/mol. The molecule has 1 aliphatic rings. The molecule has 2 aromatic rings. The zero-order valence-electron chi connectivity index (χ0n) is 12.2. The van der Waals surface area contributed by atoms with Crippen LogP contribution in [-0.4, -0.2) is 45.2 Å². The van der Waals surface area contributed by atoms with Crippen molar-refractivity contribution in [2.75, 3.05) is 13.1 Å². The molecule has 23 heavy (non-hydrogen) atoms. The maximum Gasteiger partial charge on any atom is 0.274 e. The Morgan fingerprint density at radius 3 is 3.00 bits per heavy atom. The molecule has 0 aliphatic carbocycles. The first kappa shape index (κ1) is 15.5. The minimum absolute atomic E-state index is 0.143. The van der Waals surface area contributed by atoms with E-state index in [1.807, 2.05) is 0 Å². The van der Waals surface area contributed by atoms with Gasteiger partial charge in [-0.3, -0.25) is 14.6 Å². The van der Waals surface area contributed by atoms with E-state index in [-0.39, 0.29) is 23.3 Å². The number of rotatable bonds is 3. The quantitative estimate of drug-likeness (QED) is 0.919. The SMILES string of the molecule is O=C(c1ccc(=O)[nH]n1)N1CCCC(Oc2ccncc2Cl)C1. The van der Waals surface area contributed by atoms with Crippen molar-refractivity contribution >= 4 is 17.5 Å². The number of aromatic amines is 1. The van der Waals surface area contributed by atoms with E-state index < -0.39 is 0 Å². The Hall–Kier alpha value is -2.41. The number of H-pyrrole nitrogens is 1. The maximum absolute atomic E-state index is 12.4. The van der Waals surface area contributed by atoms with E-state index in [1.54, 1.807) is 17.2 Å². The predicted molar refractivity (Wildman–Crippen MR) is 83.7 cm³/mol. The highest BCUT2D eigenvalue weighted by Gasteiger charge is 2.26. The number of ether oxygens (including phenoxy) is 1. The largest absolute Gasteiger partial charge is 0.487 e. The lowest BCUT2D eigenvalue weighted by Gasteiger charge is -2.32. The van der Waals surface area contributed by atoms with Crippen LogP contribution in [0.1, 0.15) is 23.3 Å². The van der Waals surface area contributed by atoms with Crippen molar-refractivity contribution in [3.63, 3.8) is 0 Å². The van der Waals surface area contributed by atoms with E-state index in [0.29, 0.717) is 23.9 Å². The molecule has 7 nitrogen and oxygen atoms in total. The molecule has 0 aromatic carbocycles. The Morgan fingerprint density at radius 1 is 1.39 bits per heavy atom. The van der Waals surface area contributed by atoms with Gasteiger partial charge in [-0.05, 0) is 18.9 Å². The van der Waals surface area contributed by atoms with Crippen LogP contribution >= 0.6 is 11.6 Å². The summed E-state index contributed by atoms with van der Waals surface area (Å²) >= 11 is 6.04. The van der Waals surface area contributed by atoms with Gasteiger partial charge in [0.25, 0.3) is 11.5 Å². The zero-order chi connectivity index (χ0) is 16.2. The first-order valence-electron chi connectivity index (χ1n) is 7.24. The smallest absolute Gasteiger partial charge is 0.274 e. The molecule has 1 aliphatic heterocycles. The van der Waals surface area contributed by atoms with Crippen molar-refractivity contribution in [2.45, 2.75) is 18.9 Å². The lowest BCUT2D eigenvalue weighted by molar-refractivity contribution is 0.0531. The minimum Gasteiger partial charge on any atom is -0.487 e. The molecule has 1 saturated heterocycles. The number of hydrogen-bond donors (Lipinski definition) is 1. The van der Waals surface area contributed by atoms with Crippen molar-refractivity contribution in [3.05, 3.63) is 51.7 Å². The van der Waals surface area contributed by atoms with E-state index in [4.69, 9.17) is 16.3 Å². The Morgan fingerprint density at radius 2 is 2.26 bits per heavy atom. The summed E-state index contributed by atoms with van der Waals surface area (Å²) in [6, 6.07) is 4.41. The number of nitrogens with one attached hydrogen (secondary N) is 1. The van der Waals surface area contributed by atoms with Crippen LogP contribution in [0.2, 0.25) is 5.02 Å². The molecule has 3 rings (SSSR count). The van der Waals surface area contributed by atoms with Crippen molar-refractivity contribution < 1.29 is 9.53 Å². The number of pyridine rings is 1. The highest BCUT2D eigenvalue weighted by atomic mass is 35.5. The Labute approximate surface area is 137 Å². The van der Waals surface area contributed by atoms with E-state index in [9.17, 15) is 9.59 Å². The van der Waals surface area contributed by atoms with Crippen LogP contribution in [0.25, 0.3) is 0 Å². The number of nitrogens with zero attached hydrogens (tertiary/aromatic N) is 3. The summed E-state index contributed by atoms with van der Waals surface area (Å²) in [4.78, 5) is 29.0. The van der Waals surface area contributed by atoms with Gasteiger partial charge in [0.05, 0.1) is 6.54 Å². The third-order valence-corrected chi connectivity index (χ3v) is 3.88. The molecule has 0 radical (unpaired) electrons. The summed E-state index contributed by atoms with van der Waals surface area (Å²) in [5, 5.41) is 6.49. The molecular weight excluding hydrogens is 320 g/mol. The standard InChI is InChI=1S/C15H15ClN4O3/c16-11-8-17-6-5-13(11)23-10-2-1-7-20(9-10)15(22)12-3-4-14(21)19-18-12/h3-6,8,10H,1-2,7,9H2,(H,19,21). The average molecular weight is 335 g/mol. The van der Waals surface area contributed by atoms with Crippen molar-refractivity contribution in [3.8, 4) is 5.75 Å². The molecule has 3 heterocycles. The van der Waals surface area contributed by atoms with Gasteiger partial charge < -0.3 is 9.64 Å². The molecular formula is C15H15ClN4O3. The zero-order valence-corrected chi connectivity index (χ0v) is 13.0. The molecule has 2 aromatic heterocycles. The van der Waals surface area contributed by atoms with E-state index in [0.717, 1.165) is 12.8 Å². The first-order chi connectivity index (χ1) is 11.1. The summed E-state index contributed by atoms with van der Waals surface area (Å²) in [6.07, 6.45) is 4.64. The normalized spacial score (nSPS) is 17.8. The first-order valence-corrected chi connectivity index (χ1v) is 7.62. The van der Waals surface area contributed by atoms with Crippen LogP contribution in [0, 0.1) is 0 Å². The number of carbonyl (C=O) groups excluding carboxylic acids is 1.